The first-order chi connectivity index (χ1) is 15.5. The molecule has 1 aliphatic heterocycles. The molecule has 0 saturated heterocycles. The Kier molecular flexibility index (Phi) is 6.94. The molecule has 0 fully saturated rings. The molecule has 1 N–H and O–H groups in total. The van der Waals surface area contributed by atoms with E-state index >= 15 is 0 Å². The number of carbonyl (C=O) groups excluding carboxylic acids is 1. The Bertz CT molecular complexity index is 1210. The van der Waals surface area contributed by atoms with Crippen molar-refractivity contribution < 1.29 is 22.4 Å². The maximum atomic E-state index is 13.5. The first-order valence-corrected chi connectivity index (χ1v) is 10.3. The van der Waals surface area contributed by atoms with Gasteiger partial charge in [0.2, 0.25) is 5.91 Å². The van der Waals surface area contributed by atoms with Crippen LogP contribution in [0.4, 0.5) is 28.9 Å². The quantitative estimate of drug-likeness (QED) is 0.551. The maximum Gasteiger partial charge on any atom is 0.416 e. The van der Waals surface area contributed by atoms with Crippen LogP contribution in [0, 0.1) is 12.7 Å². The number of nitrogens with one attached hydrogen (secondary N) is 1. The number of hydrogen-bond acceptors (Lipinski definition) is 5. The van der Waals surface area contributed by atoms with E-state index in [0.29, 0.717) is 29.9 Å². The van der Waals surface area contributed by atoms with E-state index in [1.54, 1.807) is 6.20 Å². The molecule has 1 aliphatic rings. The van der Waals surface area contributed by atoms with Crippen molar-refractivity contribution in [1.82, 2.24) is 20.0 Å². The van der Waals surface area contributed by atoms with Gasteiger partial charge in [-0.1, -0.05) is 12.6 Å². The van der Waals surface area contributed by atoms with Crippen LogP contribution in [0.5, 0.6) is 0 Å². The Morgan fingerprint density at radius 2 is 1.85 bits per heavy atom. The molecule has 34 heavy (non-hydrogen) atoms. The minimum atomic E-state index is -4.59. The van der Waals surface area contributed by atoms with Crippen LogP contribution < -0.4 is 10.2 Å². The predicted molar refractivity (Wildman–Crippen MR) is 120 cm³/mol. The number of alkyl halides is 3. The molecule has 1 aromatic carbocycles. The molecular weight excluding hydrogens is 452 g/mol. The van der Waals surface area contributed by atoms with E-state index < -0.39 is 17.6 Å². The van der Waals surface area contributed by atoms with Crippen LogP contribution in [-0.4, -0.2) is 39.0 Å². The average Bonchev–Trinajstić information content (AvgIpc) is 3.18. The third-order valence-corrected chi connectivity index (χ3v) is 5.75. The van der Waals surface area contributed by atoms with Gasteiger partial charge in [0.15, 0.2) is 0 Å². The fraction of sp³-hybridized carbons (Fsp3) is 0.391. The zero-order chi connectivity index (χ0) is 23.9. The number of carbonyl (C=O) groups is 1. The Balaban J connectivity index is 0.00000324. The molecule has 3 aromatic rings. The molecule has 1 amide bonds. The molecule has 7 nitrogen and oxygen atoms in total. The maximum absolute atomic E-state index is 13.5. The van der Waals surface area contributed by atoms with Crippen LogP contribution in [0.25, 0.3) is 0 Å². The van der Waals surface area contributed by atoms with E-state index in [1.807, 2.05) is 31.9 Å². The van der Waals surface area contributed by atoms with Crippen molar-refractivity contribution in [1.29, 1.82) is 0 Å². The van der Waals surface area contributed by atoms with Crippen molar-refractivity contribution in [3.63, 3.8) is 0 Å². The topological polar surface area (TPSA) is 75.9 Å². The third kappa shape index (κ3) is 5.02. The van der Waals surface area contributed by atoms with E-state index in [-0.39, 0.29) is 31.5 Å². The summed E-state index contributed by atoms with van der Waals surface area (Å²) >= 11 is 0. The summed E-state index contributed by atoms with van der Waals surface area (Å²) in [5.74, 6) is -0.839. The lowest BCUT2D eigenvalue weighted by Crippen LogP contribution is -2.44. The molecule has 1 atom stereocenters. The molecule has 0 saturated carbocycles. The third-order valence-electron chi connectivity index (χ3n) is 5.75. The fourth-order valence-corrected chi connectivity index (χ4v) is 3.82. The Morgan fingerprint density at radius 1 is 1.15 bits per heavy atom. The van der Waals surface area contributed by atoms with Gasteiger partial charge >= 0.3 is 6.18 Å². The van der Waals surface area contributed by atoms with Crippen molar-refractivity contribution >= 4 is 17.3 Å². The van der Waals surface area contributed by atoms with E-state index in [2.05, 4.69) is 20.6 Å². The zero-order valence-electron chi connectivity index (χ0n) is 18.2. The van der Waals surface area contributed by atoms with Crippen molar-refractivity contribution in [2.75, 3.05) is 17.3 Å². The van der Waals surface area contributed by atoms with Crippen LogP contribution in [0.1, 0.15) is 42.6 Å². The van der Waals surface area contributed by atoms with Gasteiger partial charge in [-0.05, 0) is 56.5 Å². The van der Waals surface area contributed by atoms with Gasteiger partial charge in [0.25, 0.3) is 0 Å². The average molecular weight is 478 g/mol. The highest BCUT2D eigenvalue weighted by molar-refractivity contribution is 6.03. The van der Waals surface area contributed by atoms with Crippen molar-refractivity contribution in [3.8, 4) is 0 Å². The Labute approximate surface area is 194 Å². The highest BCUT2D eigenvalue weighted by Crippen LogP contribution is 2.34. The molecule has 0 unspecified atom stereocenters. The van der Waals surface area contributed by atoms with E-state index in [1.165, 1.54) is 4.68 Å². The van der Waals surface area contributed by atoms with E-state index in [4.69, 9.17) is 0 Å². The molecule has 4 rings (SSSR count). The summed E-state index contributed by atoms with van der Waals surface area (Å²) in [6.07, 6.45) is -2.06. The molecule has 0 spiro atoms. The smallest absolute Gasteiger partial charge is 0.361 e. The summed E-state index contributed by atoms with van der Waals surface area (Å²) in [5, 5.41) is 10.8. The number of rotatable bonds is 5. The standard InChI is InChI=1S/C22H22F4N6O.CH4/c1-12-20-19(31(3)13(2)21(33)28-20)9-16(27-12)5-6-17-11-32(30-29-17)10-14-8-15(23)4-7-18(14)22(24,25)26;/h4,7-9,11,13H,5-6,10H2,1-3H3,(H,28,33);1H4/t13-;/m0./s1. The molecule has 0 aliphatic carbocycles. The van der Waals surface area contributed by atoms with Gasteiger partial charge in [-0.15, -0.1) is 5.10 Å². The summed E-state index contributed by atoms with van der Waals surface area (Å²) in [6, 6.07) is 3.98. The number of anilines is 2. The number of hydrogen-bond donors (Lipinski definition) is 1. The van der Waals surface area contributed by atoms with Gasteiger partial charge in [-0.2, -0.15) is 13.2 Å². The van der Waals surface area contributed by atoms with Crippen LogP contribution in [0.3, 0.4) is 0 Å². The number of fused-ring (bicyclic) bond motifs is 1. The number of benzene rings is 1. The van der Waals surface area contributed by atoms with Crippen molar-refractivity contribution in [2.45, 2.75) is 52.9 Å². The lowest BCUT2D eigenvalue weighted by atomic mass is 10.1. The summed E-state index contributed by atoms with van der Waals surface area (Å²) in [4.78, 5) is 18.5. The second kappa shape index (κ2) is 9.40. The number of halogens is 4. The monoisotopic (exact) mass is 478 g/mol. The van der Waals surface area contributed by atoms with Crippen LogP contribution in [0.2, 0.25) is 0 Å². The largest absolute Gasteiger partial charge is 0.416 e. The molecular formula is C23H26F4N6O. The number of amides is 1. The molecule has 0 bridgehead atoms. The number of aryl methyl sites for hydroxylation is 3. The first kappa shape index (κ1) is 25.1. The number of nitrogens with zero attached hydrogens (tertiary/aromatic N) is 5. The van der Waals surface area contributed by atoms with Gasteiger partial charge in [-0.25, -0.2) is 9.07 Å². The molecule has 2 aromatic heterocycles. The van der Waals surface area contributed by atoms with E-state index in [0.717, 1.165) is 29.6 Å². The Hall–Kier alpha value is -3.50. The van der Waals surface area contributed by atoms with E-state index in [9.17, 15) is 22.4 Å². The Morgan fingerprint density at radius 3 is 2.56 bits per heavy atom. The SMILES string of the molecule is C.Cc1nc(CCc2cn(Cc3cc(F)ccc3C(F)(F)F)nn2)cc2c1NC(=O)[C@H](C)N2C. The summed E-state index contributed by atoms with van der Waals surface area (Å²) < 4.78 is 54.5. The predicted octanol–water partition coefficient (Wildman–Crippen LogP) is 4.39. The molecule has 182 valence electrons. The number of aromatic nitrogens is 4. The molecule has 3 heterocycles. The minimum Gasteiger partial charge on any atom is -0.361 e. The summed E-state index contributed by atoms with van der Waals surface area (Å²) in [5.41, 5.74) is 2.51. The second-order valence-electron chi connectivity index (χ2n) is 8.08. The van der Waals surface area contributed by atoms with Crippen LogP contribution >= 0.6 is 0 Å². The summed E-state index contributed by atoms with van der Waals surface area (Å²) in [7, 11) is 1.85. The first-order valence-electron chi connectivity index (χ1n) is 10.3. The number of likely N-dealkylation sites (N-methyl/N-ethyl adjacent to an activating group) is 1. The summed E-state index contributed by atoms with van der Waals surface area (Å²) in [6.45, 7) is 3.38. The highest BCUT2D eigenvalue weighted by Gasteiger charge is 2.33. The highest BCUT2D eigenvalue weighted by atomic mass is 19.4. The van der Waals surface area contributed by atoms with Gasteiger partial charge in [0, 0.05) is 18.9 Å². The van der Waals surface area contributed by atoms with Gasteiger partial charge in [-0.3, -0.25) is 9.78 Å². The lowest BCUT2D eigenvalue weighted by Gasteiger charge is -2.34. The normalized spacial score (nSPS) is 15.6. The van der Waals surface area contributed by atoms with Gasteiger partial charge < -0.3 is 10.2 Å². The zero-order valence-corrected chi connectivity index (χ0v) is 18.2. The van der Waals surface area contributed by atoms with Crippen molar-refractivity contribution in [2.24, 2.45) is 0 Å². The van der Waals surface area contributed by atoms with Gasteiger partial charge in [0.1, 0.15) is 11.9 Å². The molecule has 0 radical (unpaired) electrons. The molecule has 11 heteroatoms. The lowest BCUT2D eigenvalue weighted by molar-refractivity contribution is -0.138. The number of pyridine rings is 1. The second-order valence-corrected chi connectivity index (χ2v) is 8.08. The van der Waals surface area contributed by atoms with Crippen LogP contribution in [0.15, 0.2) is 30.5 Å². The fourth-order valence-electron chi connectivity index (χ4n) is 3.82. The minimum absolute atomic E-state index is 0. The van der Waals surface area contributed by atoms with Gasteiger partial charge in [0.05, 0.1) is 34.9 Å². The van der Waals surface area contributed by atoms with Crippen LogP contribution in [-0.2, 0) is 30.4 Å². The van der Waals surface area contributed by atoms with Crippen molar-refractivity contribution in [3.05, 3.63) is 64.5 Å².